The largest absolute Gasteiger partial charge is 0.481 e. The zero-order valence-electron chi connectivity index (χ0n) is 9.25. The summed E-state index contributed by atoms with van der Waals surface area (Å²) in [7, 11) is 0. The Labute approximate surface area is 98.4 Å². The van der Waals surface area contributed by atoms with Gasteiger partial charge in [0.05, 0.1) is 28.4 Å². The molecule has 88 valence electrons. The van der Waals surface area contributed by atoms with Crippen molar-refractivity contribution in [1.82, 2.24) is 15.1 Å². The molecule has 1 aromatic rings. The second-order valence-electron chi connectivity index (χ2n) is 4.30. The fourth-order valence-electron chi connectivity index (χ4n) is 2.13. The first-order valence-electron chi connectivity index (χ1n) is 5.11. The Morgan fingerprint density at radius 3 is 2.56 bits per heavy atom. The Kier molecular flexibility index (Phi) is 2.67. The van der Waals surface area contributed by atoms with Crippen LogP contribution in [-0.4, -0.2) is 33.9 Å². The van der Waals surface area contributed by atoms with Gasteiger partial charge in [0, 0.05) is 13.1 Å². The Hall–Kier alpha value is -1.07. The number of aliphatic carboxylic acids is 1. The third-order valence-corrected chi connectivity index (χ3v) is 3.59. The lowest BCUT2D eigenvalue weighted by Gasteiger charge is -2.42. The summed E-state index contributed by atoms with van der Waals surface area (Å²) in [6.45, 7) is 4.94. The first-order chi connectivity index (χ1) is 7.46. The second-order valence-corrected chi connectivity index (χ2v) is 4.67. The molecule has 1 aliphatic rings. The lowest BCUT2D eigenvalue weighted by atomic mass is 9.88. The summed E-state index contributed by atoms with van der Waals surface area (Å²) in [6, 6.07) is 0. The molecule has 1 fully saturated rings. The highest BCUT2D eigenvalue weighted by Crippen LogP contribution is 2.31. The summed E-state index contributed by atoms with van der Waals surface area (Å²) in [5, 5.41) is 17.0. The second kappa shape index (κ2) is 3.75. The summed E-state index contributed by atoms with van der Waals surface area (Å²) in [4.78, 5) is 10.9. The van der Waals surface area contributed by atoms with Crippen LogP contribution >= 0.6 is 11.6 Å². The van der Waals surface area contributed by atoms with Gasteiger partial charge in [-0.25, -0.2) is 0 Å². The minimum atomic E-state index is -0.815. The number of hydrogen-bond acceptors (Lipinski definition) is 3. The minimum absolute atomic E-state index is 0.0677. The Morgan fingerprint density at radius 1 is 1.62 bits per heavy atom. The fraction of sp³-hybridized carbons (Fsp3) is 0.600. The summed E-state index contributed by atoms with van der Waals surface area (Å²) in [6.07, 6.45) is 0.0677. The average Bonchev–Trinajstić information content (AvgIpc) is 2.40. The molecule has 5 nitrogen and oxygen atoms in total. The van der Waals surface area contributed by atoms with Crippen LogP contribution in [0.4, 0.5) is 0 Å². The van der Waals surface area contributed by atoms with E-state index < -0.39 is 11.5 Å². The number of aryl methyl sites for hydroxylation is 1. The number of hydrogen-bond donors (Lipinski definition) is 2. The van der Waals surface area contributed by atoms with Crippen molar-refractivity contribution < 1.29 is 9.90 Å². The van der Waals surface area contributed by atoms with Crippen molar-refractivity contribution in [3.05, 3.63) is 16.4 Å². The molecule has 1 aliphatic heterocycles. The smallest absolute Gasteiger partial charge is 0.305 e. The number of aromatic nitrogens is 2. The van der Waals surface area contributed by atoms with Crippen molar-refractivity contribution >= 4 is 17.6 Å². The van der Waals surface area contributed by atoms with Crippen LogP contribution in [0.3, 0.4) is 0 Å². The molecule has 2 heterocycles. The zero-order valence-corrected chi connectivity index (χ0v) is 10.0. The molecule has 0 saturated carbocycles. The maximum Gasteiger partial charge on any atom is 0.305 e. The van der Waals surface area contributed by atoms with Crippen LogP contribution in [0.15, 0.2) is 0 Å². The van der Waals surface area contributed by atoms with E-state index in [2.05, 4.69) is 10.4 Å². The molecule has 0 radical (unpaired) electrons. The molecule has 2 rings (SSSR count). The molecule has 0 amide bonds. The fourth-order valence-corrected chi connectivity index (χ4v) is 2.25. The molecule has 2 N–H and O–H groups in total. The van der Waals surface area contributed by atoms with E-state index >= 15 is 0 Å². The molecule has 0 spiro atoms. The number of carboxylic acids is 1. The van der Waals surface area contributed by atoms with Gasteiger partial charge in [0.25, 0.3) is 0 Å². The Bertz CT molecular complexity index is 438. The van der Waals surface area contributed by atoms with E-state index in [4.69, 9.17) is 16.7 Å². The quantitative estimate of drug-likeness (QED) is 0.829. The van der Waals surface area contributed by atoms with Gasteiger partial charge in [-0.15, -0.1) is 0 Å². The number of carbonyl (C=O) groups is 1. The van der Waals surface area contributed by atoms with E-state index in [-0.39, 0.29) is 6.42 Å². The van der Waals surface area contributed by atoms with Crippen molar-refractivity contribution in [2.45, 2.75) is 25.8 Å². The van der Waals surface area contributed by atoms with Crippen LogP contribution in [-0.2, 0) is 10.3 Å². The summed E-state index contributed by atoms with van der Waals surface area (Å²) in [5.41, 5.74) is 1.13. The molecule has 1 saturated heterocycles. The summed E-state index contributed by atoms with van der Waals surface area (Å²) in [5.74, 6) is -0.815. The first kappa shape index (κ1) is 11.4. The topological polar surface area (TPSA) is 67.2 Å². The van der Waals surface area contributed by atoms with Gasteiger partial charge in [-0.2, -0.15) is 5.10 Å². The van der Waals surface area contributed by atoms with Gasteiger partial charge in [-0.05, 0) is 13.8 Å². The van der Waals surface area contributed by atoms with Crippen LogP contribution < -0.4 is 5.32 Å². The van der Waals surface area contributed by atoms with Crippen molar-refractivity contribution in [3.8, 4) is 0 Å². The van der Waals surface area contributed by atoms with Crippen LogP contribution in [0.25, 0.3) is 0 Å². The van der Waals surface area contributed by atoms with Crippen LogP contribution in [0.1, 0.15) is 17.8 Å². The molecule has 6 heteroatoms. The van der Waals surface area contributed by atoms with Crippen LogP contribution in [0, 0.1) is 13.8 Å². The monoisotopic (exact) mass is 243 g/mol. The highest BCUT2D eigenvalue weighted by Gasteiger charge is 2.43. The predicted molar refractivity (Wildman–Crippen MR) is 59.8 cm³/mol. The van der Waals surface area contributed by atoms with Gasteiger partial charge in [0.2, 0.25) is 0 Å². The SMILES string of the molecule is Cc1nn(C2(CC(=O)O)CNC2)c(C)c1Cl. The lowest BCUT2D eigenvalue weighted by molar-refractivity contribution is -0.140. The normalized spacial score (nSPS) is 18.2. The molecule has 1 aromatic heterocycles. The van der Waals surface area contributed by atoms with Gasteiger partial charge in [-0.1, -0.05) is 11.6 Å². The number of carboxylic acid groups (broad SMARTS) is 1. The van der Waals surface area contributed by atoms with Crippen molar-refractivity contribution in [2.75, 3.05) is 13.1 Å². The standard InChI is InChI=1S/C10H14ClN3O2/c1-6-9(11)7(2)14(13-6)10(3-8(15)16)4-12-5-10/h12H,3-5H2,1-2H3,(H,15,16). The van der Waals surface area contributed by atoms with E-state index in [1.54, 1.807) is 4.68 Å². The van der Waals surface area contributed by atoms with Gasteiger partial charge < -0.3 is 10.4 Å². The number of nitrogens with one attached hydrogen (secondary N) is 1. The van der Waals surface area contributed by atoms with Crippen molar-refractivity contribution in [1.29, 1.82) is 0 Å². The molecule has 0 unspecified atom stereocenters. The third kappa shape index (κ3) is 1.60. The van der Waals surface area contributed by atoms with Gasteiger partial charge >= 0.3 is 5.97 Å². The highest BCUT2D eigenvalue weighted by atomic mass is 35.5. The predicted octanol–water partition coefficient (Wildman–Crippen LogP) is 0.927. The molecular formula is C10H14ClN3O2. The number of nitrogens with zero attached hydrogens (tertiary/aromatic N) is 2. The van der Waals surface area contributed by atoms with E-state index in [1.807, 2.05) is 13.8 Å². The molecule has 0 aliphatic carbocycles. The number of rotatable bonds is 3. The molecule has 16 heavy (non-hydrogen) atoms. The first-order valence-corrected chi connectivity index (χ1v) is 5.49. The minimum Gasteiger partial charge on any atom is -0.481 e. The zero-order chi connectivity index (χ0) is 11.9. The molecular weight excluding hydrogens is 230 g/mol. The molecule has 0 atom stereocenters. The molecule has 0 aromatic carbocycles. The van der Waals surface area contributed by atoms with Crippen molar-refractivity contribution in [3.63, 3.8) is 0 Å². The number of halogens is 1. The van der Waals surface area contributed by atoms with Gasteiger partial charge in [-0.3, -0.25) is 9.48 Å². The highest BCUT2D eigenvalue weighted by molar-refractivity contribution is 6.31. The van der Waals surface area contributed by atoms with E-state index in [1.165, 1.54) is 0 Å². The Morgan fingerprint density at radius 2 is 2.25 bits per heavy atom. The van der Waals surface area contributed by atoms with E-state index in [9.17, 15) is 4.79 Å². The summed E-state index contributed by atoms with van der Waals surface area (Å²) < 4.78 is 1.76. The van der Waals surface area contributed by atoms with Gasteiger partial charge in [0.15, 0.2) is 0 Å². The van der Waals surface area contributed by atoms with E-state index in [0.717, 1.165) is 11.4 Å². The lowest BCUT2D eigenvalue weighted by Crippen LogP contribution is -2.62. The van der Waals surface area contributed by atoms with Crippen molar-refractivity contribution in [2.24, 2.45) is 0 Å². The maximum absolute atomic E-state index is 10.9. The average molecular weight is 244 g/mol. The summed E-state index contributed by atoms with van der Waals surface area (Å²) >= 11 is 6.07. The maximum atomic E-state index is 10.9. The van der Waals surface area contributed by atoms with E-state index in [0.29, 0.717) is 18.1 Å². The van der Waals surface area contributed by atoms with Crippen LogP contribution in [0.2, 0.25) is 5.02 Å². The molecule has 0 bridgehead atoms. The third-order valence-electron chi connectivity index (χ3n) is 3.04. The van der Waals surface area contributed by atoms with Gasteiger partial charge in [0.1, 0.15) is 0 Å². The Balaban J connectivity index is 2.40. The van der Waals surface area contributed by atoms with Crippen LogP contribution in [0.5, 0.6) is 0 Å².